The average molecular weight is 642 g/mol. The number of nitrogens with one attached hydrogen (secondary N) is 4. The van der Waals surface area contributed by atoms with Crippen LogP contribution in [0.4, 0.5) is 10.5 Å². The third kappa shape index (κ3) is 8.86. The molecule has 4 aromatic rings. The van der Waals surface area contributed by atoms with Crippen LogP contribution < -0.4 is 16.0 Å². The van der Waals surface area contributed by atoms with E-state index in [4.69, 9.17) is 23.2 Å². The summed E-state index contributed by atoms with van der Waals surface area (Å²) in [5.41, 5.74) is 2.76. The third-order valence-corrected chi connectivity index (χ3v) is 6.69. The Morgan fingerprint density at radius 2 is 1.91 bits per heavy atom. The fraction of sp³-hybridized carbons (Fsp3) is 0.250. The molecule has 0 fully saturated rings. The van der Waals surface area contributed by atoms with Crippen LogP contribution in [-0.2, 0) is 14.3 Å². The number of hydrogen-bond acceptors (Lipinski definition) is 9. The van der Waals surface area contributed by atoms with Gasteiger partial charge in [-0.15, -0.1) is 5.10 Å². The zero-order valence-corrected chi connectivity index (χ0v) is 25.6. The molecule has 0 bridgehead atoms. The van der Waals surface area contributed by atoms with Gasteiger partial charge in [-0.3, -0.25) is 14.9 Å². The largest absolute Gasteiger partial charge is 0.453 e. The molecule has 0 aliphatic carbocycles. The van der Waals surface area contributed by atoms with Crippen LogP contribution >= 0.6 is 23.2 Å². The van der Waals surface area contributed by atoms with Gasteiger partial charge in [-0.2, -0.15) is 4.68 Å². The van der Waals surface area contributed by atoms with Crippen molar-refractivity contribution in [1.29, 1.82) is 0 Å². The number of aromatic nitrogens is 6. The number of carbonyl (C=O) groups excluding carboxylic acids is 3. The molecule has 4 N–H and O–H groups in total. The number of imidazole rings is 1. The summed E-state index contributed by atoms with van der Waals surface area (Å²) < 4.78 is 6.05. The summed E-state index contributed by atoms with van der Waals surface area (Å²) in [5, 5.41) is 20.1. The first-order chi connectivity index (χ1) is 21.1. The van der Waals surface area contributed by atoms with E-state index < -0.39 is 18.0 Å². The molecule has 44 heavy (non-hydrogen) atoms. The maximum atomic E-state index is 13.1. The maximum Gasteiger partial charge on any atom is 0.411 e. The summed E-state index contributed by atoms with van der Waals surface area (Å²) in [6.07, 6.45) is 3.60. The van der Waals surface area contributed by atoms with E-state index in [-0.39, 0.29) is 23.3 Å². The number of H-pyrrole nitrogens is 1. The van der Waals surface area contributed by atoms with Crippen molar-refractivity contribution in [3.05, 3.63) is 76.4 Å². The number of anilines is 1. The van der Waals surface area contributed by atoms with Crippen molar-refractivity contribution >= 4 is 52.9 Å². The third-order valence-electron chi connectivity index (χ3n) is 6.19. The predicted octanol–water partition coefficient (Wildman–Crippen LogP) is 3.48. The molecule has 0 unspecified atom stereocenters. The lowest BCUT2D eigenvalue weighted by atomic mass is 10.1. The molecule has 0 aliphatic rings. The highest BCUT2D eigenvalue weighted by molar-refractivity contribution is 6.32. The molecule has 2 aromatic heterocycles. The molecule has 1 atom stereocenters. The molecule has 14 nitrogen and oxygen atoms in total. The van der Waals surface area contributed by atoms with E-state index in [1.54, 1.807) is 48.5 Å². The Morgan fingerprint density at radius 3 is 2.59 bits per heavy atom. The van der Waals surface area contributed by atoms with E-state index in [0.29, 0.717) is 46.3 Å². The Bertz CT molecular complexity index is 1620. The monoisotopic (exact) mass is 640 g/mol. The Labute approximate surface area is 262 Å². The second-order valence-corrected chi connectivity index (χ2v) is 10.5. The van der Waals surface area contributed by atoms with Crippen LogP contribution in [0, 0.1) is 0 Å². The maximum absolute atomic E-state index is 13.1. The lowest BCUT2D eigenvalue weighted by Crippen LogP contribution is -2.36. The van der Waals surface area contributed by atoms with E-state index in [1.807, 2.05) is 19.0 Å². The van der Waals surface area contributed by atoms with Crippen molar-refractivity contribution in [2.45, 2.75) is 12.5 Å². The summed E-state index contributed by atoms with van der Waals surface area (Å²) in [7, 11) is 5.07. The minimum atomic E-state index is -0.851. The molecule has 0 spiro atoms. The smallest absolute Gasteiger partial charge is 0.411 e. The van der Waals surface area contributed by atoms with E-state index in [1.165, 1.54) is 24.2 Å². The van der Waals surface area contributed by atoms with Crippen LogP contribution in [0.25, 0.3) is 23.0 Å². The number of carbonyl (C=O) groups is 3. The Morgan fingerprint density at radius 1 is 1.14 bits per heavy atom. The van der Waals surface area contributed by atoms with Crippen molar-refractivity contribution in [2.24, 2.45) is 0 Å². The predicted molar refractivity (Wildman–Crippen MR) is 165 cm³/mol. The number of halogens is 2. The van der Waals surface area contributed by atoms with Gasteiger partial charge in [-0.25, -0.2) is 9.78 Å². The summed E-state index contributed by atoms with van der Waals surface area (Å²) in [6, 6.07) is 11.0. The Kier molecular flexibility index (Phi) is 11.0. The van der Waals surface area contributed by atoms with Crippen LogP contribution in [0.1, 0.15) is 23.9 Å². The lowest BCUT2D eigenvalue weighted by Gasteiger charge is -2.16. The minimum absolute atomic E-state index is 0.106. The average Bonchev–Trinajstić information content (AvgIpc) is 3.66. The highest BCUT2D eigenvalue weighted by Gasteiger charge is 2.23. The van der Waals surface area contributed by atoms with Crippen molar-refractivity contribution in [3.63, 3.8) is 0 Å². The number of rotatable bonds is 12. The molecule has 0 saturated carbocycles. The van der Waals surface area contributed by atoms with Gasteiger partial charge in [0.2, 0.25) is 11.8 Å². The van der Waals surface area contributed by atoms with Crippen LogP contribution in [-0.4, -0.2) is 87.3 Å². The van der Waals surface area contributed by atoms with Gasteiger partial charge in [0.05, 0.1) is 25.3 Å². The number of hydrogen-bond donors (Lipinski definition) is 4. The fourth-order valence-electron chi connectivity index (χ4n) is 4.02. The molecule has 0 saturated heterocycles. The van der Waals surface area contributed by atoms with E-state index >= 15 is 0 Å². The summed E-state index contributed by atoms with van der Waals surface area (Å²) in [6.45, 7) is 1.07. The standard InChI is InChI=1S/C28H30Cl2N10O4/c1-39(2)13-12-31-24(42)15-21(27-35-25(26(30)36-27)17-4-8-20(9-5-17)33-28(43)44-3)34-23(41)11-6-18-14-19(29)7-10-22(18)40-16-32-37-38-40/h4-11,14,16,21H,12-13,15H2,1-3H3,(H,31,42)(H,33,43)(H,34,41)(H,35,36)/b11-6+/t21-/m0/s1. The zero-order valence-electron chi connectivity index (χ0n) is 24.0. The van der Waals surface area contributed by atoms with Crippen molar-refractivity contribution < 1.29 is 19.1 Å². The second kappa shape index (κ2) is 15.1. The van der Waals surface area contributed by atoms with Crippen LogP contribution in [0.5, 0.6) is 0 Å². The van der Waals surface area contributed by atoms with Gasteiger partial charge in [0.25, 0.3) is 0 Å². The first-order valence-corrected chi connectivity index (χ1v) is 14.0. The first-order valence-electron chi connectivity index (χ1n) is 13.3. The summed E-state index contributed by atoms with van der Waals surface area (Å²) in [4.78, 5) is 47.0. The van der Waals surface area contributed by atoms with Gasteiger partial charge >= 0.3 is 6.09 Å². The van der Waals surface area contributed by atoms with Gasteiger partial charge in [-0.05, 0) is 60.9 Å². The lowest BCUT2D eigenvalue weighted by molar-refractivity contribution is -0.122. The molecule has 4 rings (SSSR count). The molecule has 0 aliphatic heterocycles. The number of amides is 3. The van der Waals surface area contributed by atoms with E-state index in [2.05, 4.69) is 46.2 Å². The molecule has 2 aromatic carbocycles. The number of benzene rings is 2. The zero-order chi connectivity index (χ0) is 31.6. The number of ether oxygens (including phenoxy) is 1. The van der Waals surface area contributed by atoms with Gasteiger partial charge in [-0.1, -0.05) is 35.3 Å². The Hall–Kier alpha value is -4.79. The van der Waals surface area contributed by atoms with E-state index in [0.717, 1.165) is 0 Å². The number of likely N-dealkylation sites (N-methyl/N-ethyl adjacent to an activating group) is 1. The number of aromatic amines is 1. The SMILES string of the molecule is COC(=O)Nc1ccc(-c2nc([C@H](CC(=O)NCCN(C)C)NC(=O)/C=C/c3cc(Cl)ccc3-n3cnnn3)[nH]c2Cl)cc1. The molecule has 16 heteroatoms. The molecular formula is C28H30Cl2N10O4. The number of nitrogens with zero attached hydrogens (tertiary/aromatic N) is 6. The Balaban J connectivity index is 1.56. The van der Waals surface area contributed by atoms with Gasteiger partial charge in [0, 0.05) is 41.0 Å². The molecular weight excluding hydrogens is 611 g/mol. The highest BCUT2D eigenvalue weighted by atomic mass is 35.5. The molecule has 230 valence electrons. The van der Waals surface area contributed by atoms with Crippen LogP contribution in [0.3, 0.4) is 0 Å². The van der Waals surface area contributed by atoms with Crippen molar-refractivity contribution in [3.8, 4) is 16.9 Å². The summed E-state index contributed by atoms with van der Waals surface area (Å²) in [5.74, 6) is -0.501. The molecule has 0 radical (unpaired) electrons. The summed E-state index contributed by atoms with van der Waals surface area (Å²) >= 11 is 12.7. The van der Waals surface area contributed by atoms with Gasteiger partial charge < -0.3 is 25.3 Å². The number of tetrazole rings is 1. The first kappa shape index (κ1) is 32.1. The van der Waals surface area contributed by atoms with Crippen LogP contribution in [0.2, 0.25) is 10.2 Å². The quantitative estimate of drug-likeness (QED) is 0.169. The van der Waals surface area contributed by atoms with E-state index in [9.17, 15) is 14.4 Å². The normalized spacial score (nSPS) is 11.9. The fourth-order valence-corrected chi connectivity index (χ4v) is 4.45. The van der Waals surface area contributed by atoms with Gasteiger partial charge in [0.1, 0.15) is 23.0 Å². The second-order valence-electron chi connectivity index (χ2n) is 9.69. The topological polar surface area (TPSA) is 172 Å². The minimum Gasteiger partial charge on any atom is -0.453 e. The van der Waals surface area contributed by atoms with Crippen molar-refractivity contribution in [1.82, 2.24) is 45.7 Å². The number of methoxy groups -OCH3 is 1. The van der Waals surface area contributed by atoms with Crippen LogP contribution in [0.15, 0.2) is 54.9 Å². The molecule has 3 amide bonds. The molecule has 2 heterocycles. The highest BCUT2D eigenvalue weighted by Crippen LogP contribution is 2.29. The van der Waals surface area contributed by atoms with Gasteiger partial charge in [0.15, 0.2) is 0 Å². The van der Waals surface area contributed by atoms with Crippen molar-refractivity contribution in [2.75, 3.05) is 39.6 Å².